The first-order valence-electron chi connectivity index (χ1n) is 15.9. The summed E-state index contributed by atoms with van der Waals surface area (Å²) in [5.74, 6) is 0.653. The molecule has 0 spiro atoms. The molecule has 0 atom stereocenters. The molecule has 0 aliphatic rings. The van der Waals surface area contributed by atoms with Gasteiger partial charge in [-0.05, 0) is 57.3 Å². The van der Waals surface area contributed by atoms with Crippen molar-refractivity contribution in [3.63, 3.8) is 0 Å². The fraction of sp³-hybridized carbons (Fsp3) is 0. The van der Waals surface area contributed by atoms with Crippen LogP contribution in [0.1, 0.15) is 0 Å². The monoisotopic (exact) mass is 599 g/mol. The van der Waals surface area contributed by atoms with Gasteiger partial charge >= 0.3 is 0 Å². The van der Waals surface area contributed by atoms with Crippen LogP contribution in [0.5, 0.6) is 0 Å². The Balaban J connectivity index is 1.27. The molecule has 3 heteroatoms. The van der Waals surface area contributed by atoms with E-state index in [4.69, 9.17) is 9.97 Å². The normalized spacial score (nSPS) is 11.4. The summed E-state index contributed by atoms with van der Waals surface area (Å²) < 4.78 is 2.20. The highest BCUT2D eigenvalue weighted by molar-refractivity contribution is 6.09. The van der Waals surface area contributed by atoms with Crippen LogP contribution in [0.4, 0.5) is 0 Å². The number of para-hydroxylation sites is 2. The van der Waals surface area contributed by atoms with Gasteiger partial charge in [0, 0.05) is 21.9 Å². The first-order chi connectivity index (χ1) is 23.3. The average Bonchev–Trinajstić information content (AvgIpc) is 3.49. The molecule has 0 aliphatic heterocycles. The summed E-state index contributed by atoms with van der Waals surface area (Å²) in [7, 11) is 0. The third-order valence-electron chi connectivity index (χ3n) is 9.02. The lowest BCUT2D eigenvalue weighted by Gasteiger charge is -2.14. The van der Waals surface area contributed by atoms with Crippen molar-refractivity contribution in [2.24, 2.45) is 0 Å². The second kappa shape index (κ2) is 11.2. The topological polar surface area (TPSA) is 30.7 Å². The lowest BCUT2D eigenvalue weighted by atomic mass is 9.91. The molecular formula is C44H29N3. The molecule has 0 saturated heterocycles. The number of hydrogen-bond donors (Lipinski definition) is 0. The first-order valence-corrected chi connectivity index (χ1v) is 15.9. The van der Waals surface area contributed by atoms with Gasteiger partial charge < -0.3 is 0 Å². The van der Waals surface area contributed by atoms with Gasteiger partial charge in [-0.3, -0.25) is 4.57 Å². The molecular weight excluding hydrogens is 571 g/mol. The highest BCUT2D eigenvalue weighted by Gasteiger charge is 2.17. The van der Waals surface area contributed by atoms with Crippen LogP contribution in [-0.2, 0) is 0 Å². The molecule has 7 aromatic carbocycles. The molecule has 0 unspecified atom stereocenters. The molecule has 2 heterocycles. The largest absolute Gasteiger partial charge is 0.278 e. The highest BCUT2D eigenvalue weighted by Crippen LogP contribution is 2.38. The van der Waals surface area contributed by atoms with E-state index in [2.05, 4.69) is 174 Å². The summed E-state index contributed by atoms with van der Waals surface area (Å²) in [6.45, 7) is 0. The lowest BCUT2D eigenvalue weighted by molar-refractivity contribution is 0.995. The zero-order chi connectivity index (χ0) is 31.2. The van der Waals surface area contributed by atoms with E-state index in [0.29, 0.717) is 5.95 Å². The summed E-state index contributed by atoms with van der Waals surface area (Å²) in [6, 6.07) is 62.0. The van der Waals surface area contributed by atoms with Gasteiger partial charge in [0.2, 0.25) is 5.95 Å². The van der Waals surface area contributed by atoms with Gasteiger partial charge in [0.15, 0.2) is 0 Å². The van der Waals surface area contributed by atoms with Gasteiger partial charge in [0.1, 0.15) is 0 Å². The minimum Gasteiger partial charge on any atom is -0.278 e. The predicted molar refractivity (Wildman–Crippen MR) is 196 cm³/mol. The maximum absolute atomic E-state index is 5.29. The van der Waals surface area contributed by atoms with E-state index in [0.717, 1.165) is 39.1 Å². The Morgan fingerprint density at radius 3 is 1.51 bits per heavy atom. The lowest BCUT2D eigenvalue weighted by Crippen LogP contribution is -2.04. The van der Waals surface area contributed by atoms with Gasteiger partial charge in [-0.2, -0.15) is 0 Å². The van der Waals surface area contributed by atoms with Crippen LogP contribution in [0, 0.1) is 0 Å². The Morgan fingerprint density at radius 1 is 0.362 bits per heavy atom. The second-order valence-corrected chi connectivity index (χ2v) is 11.8. The quantitative estimate of drug-likeness (QED) is 0.197. The molecule has 0 aliphatic carbocycles. The summed E-state index contributed by atoms with van der Waals surface area (Å²) in [4.78, 5) is 10.5. The Bertz CT molecular complexity index is 2510. The fourth-order valence-corrected chi connectivity index (χ4v) is 6.86. The van der Waals surface area contributed by atoms with Crippen molar-refractivity contribution in [3.8, 4) is 50.7 Å². The van der Waals surface area contributed by atoms with E-state index in [1.165, 1.54) is 38.2 Å². The number of nitrogens with zero attached hydrogens (tertiary/aromatic N) is 3. The average molecular weight is 600 g/mol. The SMILES string of the molecule is c1ccc(-c2cc(-c3cccc(-c4cccc5cccc(-c6ccccc6)c45)c3)nc(-n3c4ccccc4c4ccccc43)n2)cc1. The van der Waals surface area contributed by atoms with Crippen molar-refractivity contribution in [2.45, 2.75) is 0 Å². The molecule has 0 fully saturated rings. The van der Waals surface area contributed by atoms with E-state index >= 15 is 0 Å². The fourth-order valence-electron chi connectivity index (χ4n) is 6.86. The predicted octanol–water partition coefficient (Wildman–Crippen LogP) is 11.4. The Hall–Kier alpha value is -6.32. The number of benzene rings is 7. The molecule has 0 N–H and O–H groups in total. The van der Waals surface area contributed by atoms with Crippen LogP contribution in [-0.4, -0.2) is 14.5 Å². The van der Waals surface area contributed by atoms with Gasteiger partial charge in [-0.15, -0.1) is 0 Å². The van der Waals surface area contributed by atoms with E-state index in [1.54, 1.807) is 0 Å². The zero-order valence-corrected chi connectivity index (χ0v) is 25.6. The van der Waals surface area contributed by atoms with Crippen molar-refractivity contribution < 1.29 is 0 Å². The molecule has 0 amide bonds. The minimum absolute atomic E-state index is 0.653. The van der Waals surface area contributed by atoms with Gasteiger partial charge in [0.25, 0.3) is 0 Å². The maximum Gasteiger partial charge on any atom is 0.235 e. The number of fused-ring (bicyclic) bond motifs is 4. The molecule has 3 nitrogen and oxygen atoms in total. The van der Waals surface area contributed by atoms with Crippen LogP contribution < -0.4 is 0 Å². The van der Waals surface area contributed by atoms with Crippen molar-refractivity contribution in [2.75, 3.05) is 0 Å². The van der Waals surface area contributed by atoms with E-state index < -0.39 is 0 Å². The summed E-state index contributed by atoms with van der Waals surface area (Å²) in [5, 5.41) is 4.84. The van der Waals surface area contributed by atoms with Crippen LogP contribution in [0.25, 0.3) is 83.3 Å². The number of rotatable bonds is 5. The standard InChI is InChI=1S/C44H29N3/c1-3-14-30(15-4-1)35-24-12-18-32-19-13-25-36(43(32)35)33-20-11-21-34(28-33)40-29-39(31-16-5-2-6-17-31)45-44(46-40)47-41-26-9-7-22-37(41)38-23-8-10-27-42(38)47/h1-29H. The maximum atomic E-state index is 5.29. The zero-order valence-electron chi connectivity index (χ0n) is 25.6. The van der Waals surface area contributed by atoms with Crippen LogP contribution in [0.15, 0.2) is 176 Å². The Kier molecular flexibility index (Phi) is 6.46. The summed E-state index contributed by atoms with van der Waals surface area (Å²) in [6.07, 6.45) is 0. The first kappa shape index (κ1) is 27.0. The van der Waals surface area contributed by atoms with E-state index in [1.807, 2.05) is 6.07 Å². The van der Waals surface area contributed by atoms with Gasteiger partial charge in [-0.25, -0.2) is 9.97 Å². The van der Waals surface area contributed by atoms with Crippen molar-refractivity contribution >= 4 is 32.6 Å². The molecule has 47 heavy (non-hydrogen) atoms. The second-order valence-electron chi connectivity index (χ2n) is 11.8. The molecule has 9 rings (SSSR count). The molecule has 0 saturated carbocycles. The van der Waals surface area contributed by atoms with Gasteiger partial charge in [0.05, 0.1) is 22.4 Å². The third kappa shape index (κ3) is 4.68. The van der Waals surface area contributed by atoms with E-state index in [-0.39, 0.29) is 0 Å². The Labute approximate surface area is 273 Å². The highest BCUT2D eigenvalue weighted by atomic mass is 15.2. The van der Waals surface area contributed by atoms with Crippen LogP contribution >= 0.6 is 0 Å². The molecule has 220 valence electrons. The van der Waals surface area contributed by atoms with Crippen molar-refractivity contribution in [1.29, 1.82) is 0 Å². The number of hydrogen-bond acceptors (Lipinski definition) is 2. The third-order valence-corrected chi connectivity index (χ3v) is 9.02. The molecule has 0 bridgehead atoms. The summed E-state index contributed by atoms with van der Waals surface area (Å²) in [5.41, 5.74) is 10.8. The van der Waals surface area contributed by atoms with Crippen LogP contribution in [0.2, 0.25) is 0 Å². The molecule has 0 radical (unpaired) electrons. The minimum atomic E-state index is 0.653. The van der Waals surface area contributed by atoms with Crippen molar-refractivity contribution in [1.82, 2.24) is 14.5 Å². The smallest absolute Gasteiger partial charge is 0.235 e. The van der Waals surface area contributed by atoms with Gasteiger partial charge in [-0.1, -0.05) is 152 Å². The summed E-state index contributed by atoms with van der Waals surface area (Å²) >= 11 is 0. The number of aromatic nitrogens is 3. The Morgan fingerprint density at radius 2 is 0.851 bits per heavy atom. The van der Waals surface area contributed by atoms with Crippen molar-refractivity contribution in [3.05, 3.63) is 176 Å². The molecule has 9 aromatic rings. The van der Waals surface area contributed by atoms with Crippen LogP contribution in [0.3, 0.4) is 0 Å². The molecule has 2 aromatic heterocycles. The van der Waals surface area contributed by atoms with E-state index in [9.17, 15) is 0 Å².